The number of aldehydes is 1. The molecule has 2 rings (SSSR count). The van der Waals surface area contributed by atoms with E-state index in [1.807, 2.05) is 24.3 Å². The van der Waals surface area contributed by atoms with Crippen LogP contribution in [0.4, 0.5) is 0 Å². The minimum absolute atomic E-state index is 0.582. The zero-order valence-corrected chi connectivity index (χ0v) is 8.28. The van der Waals surface area contributed by atoms with Crippen molar-refractivity contribution in [3.8, 4) is 0 Å². The molecule has 0 aliphatic rings. The van der Waals surface area contributed by atoms with Gasteiger partial charge < -0.3 is 0 Å². The Hall–Kier alpha value is -1.22. The molecule has 64 valence electrons. The van der Waals surface area contributed by atoms with Gasteiger partial charge in [0, 0.05) is 21.6 Å². The SMILES string of the molecule is O=Cc1cnc2ccccc2c1Br. The van der Waals surface area contributed by atoms with Crippen molar-refractivity contribution >= 4 is 33.1 Å². The first-order valence-corrected chi connectivity index (χ1v) is 4.60. The van der Waals surface area contributed by atoms with Crippen LogP contribution >= 0.6 is 15.9 Å². The molecule has 1 aromatic heterocycles. The quantitative estimate of drug-likeness (QED) is 0.712. The molecule has 0 bridgehead atoms. The Morgan fingerprint density at radius 3 is 2.85 bits per heavy atom. The monoisotopic (exact) mass is 235 g/mol. The van der Waals surface area contributed by atoms with Gasteiger partial charge in [-0.1, -0.05) is 18.2 Å². The number of hydrogen-bond acceptors (Lipinski definition) is 2. The lowest BCUT2D eigenvalue weighted by Crippen LogP contribution is -1.87. The molecule has 0 aliphatic heterocycles. The molecular weight excluding hydrogens is 230 g/mol. The normalized spacial score (nSPS) is 10.2. The maximum absolute atomic E-state index is 10.6. The lowest BCUT2D eigenvalue weighted by molar-refractivity contribution is 0.112. The molecule has 1 aromatic carbocycles. The van der Waals surface area contributed by atoms with E-state index >= 15 is 0 Å². The number of rotatable bonds is 1. The third kappa shape index (κ3) is 1.35. The lowest BCUT2D eigenvalue weighted by atomic mass is 10.2. The number of carbonyl (C=O) groups is 1. The summed E-state index contributed by atoms with van der Waals surface area (Å²) in [4.78, 5) is 14.8. The number of halogens is 1. The second kappa shape index (κ2) is 3.26. The van der Waals surface area contributed by atoms with Gasteiger partial charge in [0.1, 0.15) is 0 Å². The van der Waals surface area contributed by atoms with Crippen molar-refractivity contribution < 1.29 is 4.79 Å². The summed E-state index contributed by atoms with van der Waals surface area (Å²) in [7, 11) is 0. The summed E-state index contributed by atoms with van der Waals surface area (Å²) in [5.74, 6) is 0. The minimum atomic E-state index is 0.582. The van der Waals surface area contributed by atoms with Crippen molar-refractivity contribution in [2.24, 2.45) is 0 Å². The molecule has 0 spiro atoms. The molecule has 0 saturated carbocycles. The predicted molar refractivity (Wildman–Crippen MR) is 54.8 cm³/mol. The minimum Gasteiger partial charge on any atom is -0.298 e. The molecular formula is C10H6BrNO. The van der Waals surface area contributed by atoms with Gasteiger partial charge in [-0.3, -0.25) is 9.78 Å². The number of carbonyl (C=O) groups excluding carboxylic acids is 1. The molecule has 2 nitrogen and oxygen atoms in total. The number of pyridine rings is 1. The van der Waals surface area contributed by atoms with Gasteiger partial charge in [-0.2, -0.15) is 0 Å². The number of nitrogens with zero attached hydrogens (tertiary/aromatic N) is 1. The molecule has 0 N–H and O–H groups in total. The van der Waals surface area contributed by atoms with E-state index in [0.29, 0.717) is 5.56 Å². The fraction of sp³-hybridized carbons (Fsp3) is 0. The molecule has 0 fully saturated rings. The van der Waals surface area contributed by atoms with Crippen molar-refractivity contribution in [2.75, 3.05) is 0 Å². The van der Waals surface area contributed by atoms with E-state index < -0.39 is 0 Å². The smallest absolute Gasteiger partial charge is 0.152 e. The molecule has 1 heterocycles. The first kappa shape index (κ1) is 8.38. The summed E-state index contributed by atoms with van der Waals surface area (Å²) >= 11 is 3.37. The van der Waals surface area contributed by atoms with Gasteiger partial charge in [0.15, 0.2) is 6.29 Å². The van der Waals surface area contributed by atoms with Crippen LogP contribution in [0.1, 0.15) is 10.4 Å². The van der Waals surface area contributed by atoms with Gasteiger partial charge in [-0.25, -0.2) is 0 Å². The molecule has 0 atom stereocenters. The largest absolute Gasteiger partial charge is 0.298 e. The maximum Gasteiger partial charge on any atom is 0.152 e. The van der Waals surface area contributed by atoms with Gasteiger partial charge >= 0.3 is 0 Å². The first-order chi connectivity index (χ1) is 6.33. The maximum atomic E-state index is 10.6. The van der Waals surface area contributed by atoms with Crippen molar-refractivity contribution in [1.29, 1.82) is 0 Å². The van der Waals surface area contributed by atoms with Crippen molar-refractivity contribution in [3.63, 3.8) is 0 Å². The van der Waals surface area contributed by atoms with Crippen molar-refractivity contribution in [2.45, 2.75) is 0 Å². The van der Waals surface area contributed by atoms with E-state index in [1.165, 1.54) is 0 Å². The van der Waals surface area contributed by atoms with Crippen LogP contribution < -0.4 is 0 Å². The van der Waals surface area contributed by atoms with Gasteiger partial charge in [0.05, 0.1) is 5.52 Å². The Bertz CT molecular complexity index is 467. The van der Waals surface area contributed by atoms with Gasteiger partial charge in [0.25, 0.3) is 0 Å². The lowest BCUT2D eigenvalue weighted by Gasteiger charge is -2.00. The highest BCUT2D eigenvalue weighted by atomic mass is 79.9. The molecule has 13 heavy (non-hydrogen) atoms. The molecule has 0 amide bonds. The van der Waals surface area contributed by atoms with Crippen molar-refractivity contribution in [3.05, 3.63) is 40.5 Å². The second-order valence-electron chi connectivity index (χ2n) is 2.66. The Morgan fingerprint density at radius 1 is 1.31 bits per heavy atom. The number of para-hydroxylation sites is 1. The Kier molecular flexibility index (Phi) is 2.10. The summed E-state index contributed by atoms with van der Waals surface area (Å²) in [6.45, 7) is 0. The van der Waals surface area contributed by atoms with Crippen molar-refractivity contribution in [1.82, 2.24) is 4.98 Å². The third-order valence-electron chi connectivity index (χ3n) is 1.86. The molecule has 0 aliphatic carbocycles. The molecule has 0 radical (unpaired) electrons. The third-order valence-corrected chi connectivity index (χ3v) is 2.75. The summed E-state index contributed by atoms with van der Waals surface area (Å²) < 4.78 is 0.813. The van der Waals surface area contributed by atoms with E-state index in [0.717, 1.165) is 21.7 Å². The number of benzene rings is 1. The summed E-state index contributed by atoms with van der Waals surface area (Å²) in [6.07, 6.45) is 2.36. The zero-order valence-electron chi connectivity index (χ0n) is 6.70. The topological polar surface area (TPSA) is 30.0 Å². The number of aromatic nitrogens is 1. The highest BCUT2D eigenvalue weighted by molar-refractivity contribution is 9.10. The van der Waals surface area contributed by atoms with Gasteiger partial charge in [0.2, 0.25) is 0 Å². The highest BCUT2D eigenvalue weighted by Crippen LogP contribution is 2.24. The van der Waals surface area contributed by atoms with Crippen LogP contribution in [0.5, 0.6) is 0 Å². The highest BCUT2D eigenvalue weighted by Gasteiger charge is 2.03. The summed E-state index contributed by atoms with van der Waals surface area (Å²) in [5, 5.41) is 0.965. The molecule has 0 unspecified atom stereocenters. The summed E-state index contributed by atoms with van der Waals surface area (Å²) in [6, 6.07) is 7.68. The standard InChI is InChI=1S/C10H6BrNO/c11-10-7(6-13)5-12-9-4-2-1-3-8(9)10/h1-6H. The molecule has 3 heteroatoms. The Balaban J connectivity index is 2.86. The first-order valence-electron chi connectivity index (χ1n) is 3.81. The fourth-order valence-corrected chi connectivity index (χ4v) is 1.74. The van der Waals surface area contributed by atoms with Gasteiger partial charge in [-0.15, -0.1) is 0 Å². The Labute approximate surface area is 83.7 Å². The van der Waals surface area contributed by atoms with E-state index in [2.05, 4.69) is 20.9 Å². The van der Waals surface area contributed by atoms with Crippen LogP contribution in [-0.2, 0) is 0 Å². The van der Waals surface area contributed by atoms with Crippen LogP contribution in [0.25, 0.3) is 10.9 Å². The molecule has 2 aromatic rings. The van der Waals surface area contributed by atoms with E-state index in [9.17, 15) is 4.79 Å². The van der Waals surface area contributed by atoms with Crippen LogP contribution in [0.15, 0.2) is 34.9 Å². The average molecular weight is 236 g/mol. The fourth-order valence-electron chi connectivity index (χ4n) is 1.21. The van der Waals surface area contributed by atoms with Gasteiger partial charge in [-0.05, 0) is 22.0 Å². The van der Waals surface area contributed by atoms with Crippen LogP contribution in [0, 0.1) is 0 Å². The Morgan fingerprint density at radius 2 is 2.08 bits per heavy atom. The van der Waals surface area contributed by atoms with Crippen LogP contribution in [0.2, 0.25) is 0 Å². The van der Waals surface area contributed by atoms with E-state index in [-0.39, 0.29) is 0 Å². The van der Waals surface area contributed by atoms with E-state index in [1.54, 1.807) is 6.20 Å². The zero-order chi connectivity index (χ0) is 9.26. The average Bonchev–Trinajstić information content (AvgIpc) is 2.19. The number of hydrogen-bond donors (Lipinski definition) is 0. The van der Waals surface area contributed by atoms with Crippen LogP contribution in [0.3, 0.4) is 0 Å². The van der Waals surface area contributed by atoms with E-state index in [4.69, 9.17) is 0 Å². The summed E-state index contributed by atoms with van der Waals surface area (Å²) in [5.41, 5.74) is 1.47. The van der Waals surface area contributed by atoms with Crippen LogP contribution in [-0.4, -0.2) is 11.3 Å². The second-order valence-corrected chi connectivity index (χ2v) is 3.46. The molecule has 0 saturated heterocycles. The predicted octanol–water partition coefficient (Wildman–Crippen LogP) is 2.81. The number of fused-ring (bicyclic) bond motifs is 1.